The molecular formula is C30H52N4O14. The maximum atomic E-state index is 12.8. The third-order valence-electron chi connectivity index (χ3n) is 6.72. The lowest BCUT2D eigenvalue weighted by Crippen LogP contribution is -2.51. The van der Waals surface area contributed by atoms with Crippen LogP contribution in [-0.4, -0.2) is 174 Å². The van der Waals surface area contributed by atoms with Crippen LogP contribution in [0.15, 0.2) is 0 Å². The minimum atomic E-state index is -1.83. The fraction of sp³-hybridized carbons (Fsp3) is 0.800. The van der Waals surface area contributed by atoms with Gasteiger partial charge in [0.25, 0.3) is 0 Å². The van der Waals surface area contributed by atoms with Crippen LogP contribution in [0.4, 0.5) is 0 Å². The quantitative estimate of drug-likeness (QED) is 0.104. The topological polar surface area (TPSA) is 218 Å². The van der Waals surface area contributed by atoms with Crippen molar-refractivity contribution >= 4 is 35.7 Å². The number of aliphatic carboxylic acids is 1. The van der Waals surface area contributed by atoms with Crippen molar-refractivity contribution in [1.29, 1.82) is 0 Å². The van der Waals surface area contributed by atoms with Crippen LogP contribution in [0.1, 0.15) is 34.1 Å². The number of nitrogens with zero attached hydrogens (tertiary/aromatic N) is 2. The van der Waals surface area contributed by atoms with Crippen LogP contribution in [0.25, 0.3) is 0 Å². The van der Waals surface area contributed by atoms with Crippen LogP contribution < -0.4 is 10.6 Å². The molecule has 3 N–H and O–H groups in total. The molecule has 0 aliphatic carbocycles. The summed E-state index contributed by atoms with van der Waals surface area (Å²) in [5.41, 5.74) is 0. The van der Waals surface area contributed by atoms with Gasteiger partial charge in [-0.25, -0.2) is 19.2 Å². The van der Waals surface area contributed by atoms with Gasteiger partial charge in [0.2, 0.25) is 23.9 Å². The van der Waals surface area contributed by atoms with Crippen LogP contribution in [0.2, 0.25) is 0 Å². The maximum Gasteiger partial charge on any atom is 0.340 e. The molecule has 1 aliphatic heterocycles. The molecule has 0 radical (unpaired) electrons. The number of carbonyl (C=O) groups excluding carboxylic acids is 5. The second-order valence-corrected chi connectivity index (χ2v) is 10.5. The van der Waals surface area contributed by atoms with E-state index in [0.29, 0.717) is 32.6 Å². The Labute approximate surface area is 280 Å². The van der Waals surface area contributed by atoms with Crippen LogP contribution in [-0.2, 0) is 61.9 Å². The predicted octanol–water partition coefficient (Wildman–Crippen LogP) is -1.81. The molecule has 18 heteroatoms. The molecule has 1 fully saturated rings. The van der Waals surface area contributed by atoms with Crippen molar-refractivity contribution in [3.63, 3.8) is 0 Å². The molecule has 2 amide bonds. The molecule has 1 rings (SSSR count). The van der Waals surface area contributed by atoms with Gasteiger partial charge in [0.15, 0.2) is 0 Å². The lowest BCUT2D eigenvalue weighted by Gasteiger charge is -2.24. The molecule has 1 saturated heterocycles. The number of amides is 2. The molecule has 0 aromatic rings. The smallest absolute Gasteiger partial charge is 0.340 e. The van der Waals surface area contributed by atoms with Crippen molar-refractivity contribution in [1.82, 2.24) is 20.4 Å². The minimum absolute atomic E-state index is 0.0291. The largest absolute Gasteiger partial charge is 0.479 e. The van der Waals surface area contributed by atoms with Crippen LogP contribution in [0.5, 0.6) is 0 Å². The van der Waals surface area contributed by atoms with Gasteiger partial charge in [0.05, 0.1) is 85.3 Å². The predicted molar refractivity (Wildman–Crippen MR) is 167 cm³/mol. The van der Waals surface area contributed by atoms with Crippen LogP contribution >= 0.6 is 0 Å². The third-order valence-corrected chi connectivity index (χ3v) is 6.72. The Morgan fingerprint density at radius 1 is 0.625 bits per heavy atom. The average molecular weight is 693 g/mol. The van der Waals surface area contributed by atoms with Crippen molar-refractivity contribution in [2.24, 2.45) is 0 Å². The van der Waals surface area contributed by atoms with E-state index in [2.05, 4.69) is 10.6 Å². The Kier molecular flexibility index (Phi) is 22.7. The van der Waals surface area contributed by atoms with E-state index in [9.17, 15) is 33.9 Å². The number of ether oxygens (including phenoxy) is 7. The van der Waals surface area contributed by atoms with E-state index in [1.807, 2.05) is 0 Å². The second-order valence-electron chi connectivity index (χ2n) is 10.5. The molecular weight excluding hydrogens is 640 g/mol. The molecule has 2 unspecified atom stereocenters. The number of esters is 3. The summed E-state index contributed by atoms with van der Waals surface area (Å²) in [6.07, 6.45) is -0.00160. The van der Waals surface area contributed by atoms with Gasteiger partial charge >= 0.3 is 23.9 Å². The molecule has 0 aromatic heterocycles. The normalized spacial score (nSPS) is 17.9. The zero-order valence-corrected chi connectivity index (χ0v) is 28.4. The molecule has 1 heterocycles. The highest BCUT2D eigenvalue weighted by molar-refractivity contribution is 6.03. The molecule has 48 heavy (non-hydrogen) atoms. The molecule has 0 saturated carbocycles. The standard InChI is InChI=1S/C30H52N4O14/c1-5-22(4)48-30(41)25(27(37)38)31-23(35)20-33-8-12-42-16-18-44-14-10-34(11-15-45-19-17-43-13-9-33)21-24(36)32-26(28(39)46-6-2)29(40)47-7-3/h22,25-26H,5-21H2,1-4H3,(H,31,35)(H,32,36)(H,37,38). The van der Waals surface area contributed by atoms with E-state index < -0.39 is 53.9 Å². The van der Waals surface area contributed by atoms with Crippen molar-refractivity contribution in [2.45, 2.75) is 52.3 Å². The van der Waals surface area contributed by atoms with E-state index in [-0.39, 0.29) is 79.2 Å². The lowest BCUT2D eigenvalue weighted by molar-refractivity contribution is -0.161. The number of nitrogens with one attached hydrogen (secondary N) is 2. The Bertz CT molecular complexity index is 963. The van der Waals surface area contributed by atoms with Crippen molar-refractivity contribution in [3.8, 4) is 0 Å². The van der Waals surface area contributed by atoms with Gasteiger partial charge in [-0.2, -0.15) is 0 Å². The molecule has 0 spiro atoms. The first-order valence-electron chi connectivity index (χ1n) is 16.1. The van der Waals surface area contributed by atoms with Crippen molar-refractivity contribution < 1.29 is 67.0 Å². The fourth-order valence-corrected chi connectivity index (χ4v) is 4.01. The summed E-state index contributed by atoms with van der Waals surface area (Å²) in [5, 5.41) is 14.0. The Balaban J connectivity index is 2.66. The van der Waals surface area contributed by atoms with E-state index in [1.54, 1.807) is 37.5 Å². The minimum Gasteiger partial charge on any atom is -0.479 e. The SMILES string of the molecule is CCOC(=O)C(NC(=O)CN1CCOCCOCCN(CC(=O)NC(C(=O)O)C(=O)OC(C)CC)CCOCCOCC1)C(=O)OCC. The maximum absolute atomic E-state index is 12.8. The van der Waals surface area contributed by atoms with Gasteiger partial charge < -0.3 is 48.9 Å². The number of carboxylic acid groups (broad SMARTS) is 1. The van der Waals surface area contributed by atoms with Gasteiger partial charge in [-0.1, -0.05) is 6.92 Å². The molecule has 2 atom stereocenters. The lowest BCUT2D eigenvalue weighted by atomic mass is 10.2. The number of hydrogen-bond acceptors (Lipinski definition) is 15. The number of carboxylic acids is 1. The summed E-state index contributed by atoms with van der Waals surface area (Å²) >= 11 is 0. The summed E-state index contributed by atoms with van der Waals surface area (Å²) in [6, 6.07) is -3.41. The van der Waals surface area contributed by atoms with E-state index >= 15 is 0 Å². The summed E-state index contributed by atoms with van der Waals surface area (Å²) < 4.78 is 37.4. The number of hydrogen-bond donors (Lipinski definition) is 3. The Morgan fingerprint density at radius 3 is 1.33 bits per heavy atom. The van der Waals surface area contributed by atoms with E-state index in [4.69, 9.17) is 33.2 Å². The molecule has 0 aromatic carbocycles. The van der Waals surface area contributed by atoms with Crippen LogP contribution in [0.3, 0.4) is 0 Å². The number of rotatable bonds is 14. The van der Waals surface area contributed by atoms with Gasteiger partial charge in [-0.15, -0.1) is 0 Å². The molecule has 276 valence electrons. The Morgan fingerprint density at radius 2 is 1.00 bits per heavy atom. The van der Waals surface area contributed by atoms with Crippen LogP contribution in [0, 0.1) is 0 Å². The average Bonchev–Trinajstić information content (AvgIpc) is 3.03. The highest BCUT2D eigenvalue weighted by Gasteiger charge is 2.32. The molecule has 18 nitrogen and oxygen atoms in total. The first kappa shape index (κ1) is 42.6. The fourth-order valence-electron chi connectivity index (χ4n) is 4.01. The van der Waals surface area contributed by atoms with E-state index in [1.165, 1.54) is 0 Å². The second kappa shape index (κ2) is 25.6. The summed E-state index contributed by atoms with van der Waals surface area (Å²) in [6.45, 7) is 9.48. The first-order chi connectivity index (χ1) is 23.0. The zero-order chi connectivity index (χ0) is 35.7. The number of carbonyl (C=O) groups is 6. The van der Waals surface area contributed by atoms with Gasteiger partial charge in [-0.3, -0.25) is 19.4 Å². The highest BCUT2D eigenvalue weighted by atomic mass is 16.6. The molecule has 0 bridgehead atoms. The zero-order valence-electron chi connectivity index (χ0n) is 28.4. The van der Waals surface area contributed by atoms with Crippen molar-refractivity contribution in [2.75, 3.05) is 105 Å². The van der Waals surface area contributed by atoms with Gasteiger partial charge in [-0.05, 0) is 27.2 Å². The monoisotopic (exact) mass is 692 g/mol. The third kappa shape index (κ3) is 18.8. The van der Waals surface area contributed by atoms with Gasteiger partial charge in [0, 0.05) is 26.2 Å². The molecule has 1 aliphatic rings. The highest BCUT2D eigenvalue weighted by Crippen LogP contribution is 2.02. The summed E-state index contributed by atoms with van der Waals surface area (Å²) in [4.78, 5) is 77.1. The Hall–Kier alpha value is -3.42. The first-order valence-corrected chi connectivity index (χ1v) is 16.1. The summed E-state index contributed by atoms with van der Waals surface area (Å²) in [5.74, 6) is -5.64. The van der Waals surface area contributed by atoms with Gasteiger partial charge in [0.1, 0.15) is 0 Å². The van der Waals surface area contributed by atoms with E-state index in [0.717, 1.165) is 0 Å². The van der Waals surface area contributed by atoms with Crippen molar-refractivity contribution in [3.05, 3.63) is 0 Å². The summed E-state index contributed by atoms with van der Waals surface area (Å²) in [7, 11) is 0.